The van der Waals surface area contributed by atoms with Crippen LogP contribution in [0.15, 0.2) is 24.3 Å². The zero-order valence-electron chi connectivity index (χ0n) is 12.8. The van der Waals surface area contributed by atoms with Crippen LogP contribution in [0.25, 0.3) is 0 Å². The average Bonchev–Trinajstić information content (AvgIpc) is 2.88. The third kappa shape index (κ3) is 3.61. The molecule has 1 atom stereocenters. The summed E-state index contributed by atoms with van der Waals surface area (Å²) in [6.45, 7) is 7.12. The van der Waals surface area contributed by atoms with Crippen molar-refractivity contribution in [1.82, 2.24) is 9.78 Å². The van der Waals surface area contributed by atoms with Crippen LogP contribution in [0.4, 0.5) is 4.39 Å². The predicted molar refractivity (Wildman–Crippen MR) is 80.6 cm³/mol. The first-order valence-electron chi connectivity index (χ1n) is 7.28. The van der Waals surface area contributed by atoms with Crippen molar-refractivity contribution in [3.8, 4) is 5.75 Å². The molecule has 2 N–H and O–H groups in total. The summed E-state index contributed by atoms with van der Waals surface area (Å²) in [6.07, 6.45) is 0.891. The van der Waals surface area contributed by atoms with E-state index in [9.17, 15) is 4.39 Å². The maximum Gasteiger partial charge on any atom is 0.130 e. The summed E-state index contributed by atoms with van der Waals surface area (Å²) >= 11 is 0. The molecule has 1 aromatic carbocycles. The van der Waals surface area contributed by atoms with E-state index in [2.05, 4.69) is 12.0 Å². The molecular weight excluding hydrogens is 269 g/mol. The van der Waals surface area contributed by atoms with Crippen molar-refractivity contribution in [2.45, 2.75) is 46.4 Å². The molecule has 0 aliphatic heterocycles. The van der Waals surface area contributed by atoms with Crippen LogP contribution in [0.3, 0.4) is 0 Å². The lowest BCUT2D eigenvalue weighted by Crippen LogP contribution is -2.10. The van der Waals surface area contributed by atoms with E-state index in [1.54, 1.807) is 6.07 Å². The molecule has 5 heteroatoms. The van der Waals surface area contributed by atoms with Gasteiger partial charge in [-0.3, -0.25) is 4.68 Å². The molecule has 2 aromatic rings. The second kappa shape index (κ2) is 6.72. The molecule has 0 radical (unpaired) electrons. The van der Waals surface area contributed by atoms with E-state index in [0.29, 0.717) is 17.9 Å². The molecule has 1 aromatic heterocycles. The highest BCUT2D eigenvalue weighted by Crippen LogP contribution is 2.25. The Hall–Kier alpha value is -1.88. The fraction of sp³-hybridized carbons (Fsp3) is 0.438. The lowest BCUT2D eigenvalue weighted by molar-refractivity contribution is 0.287. The Morgan fingerprint density at radius 2 is 2.10 bits per heavy atom. The largest absolute Gasteiger partial charge is 0.487 e. The zero-order valence-corrected chi connectivity index (χ0v) is 12.8. The van der Waals surface area contributed by atoms with Gasteiger partial charge in [-0.25, -0.2) is 4.39 Å². The molecule has 0 bridgehead atoms. The molecule has 21 heavy (non-hydrogen) atoms. The van der Waals surface area contributed by atoms with Crippen molar-refractivity contribution in [1.29, 1.82) is 0 Å². The Morgan fingerprint density at radius 3 is 2.71 bits per heavy atom. The highest BCUT2D eigenvalue weighted by molar-refractivity contribution is 5.36. The van der Waals surface area contributed by atoms with Crippen LogP contribution in [0.1, 0.15) is 43.8 Å². The first-order valence-corrected chi connectivity index (χ1v) is 7.28. The van der Waals surface area contributed by atoms with Gasteiger partial charge in [-0.1, -0.05) is 6.92 Å². The molecule has 0 aliphatic carbocycles. The number of hydrogen-bond acceptors (Lipinski definition) is 3. The molecule has 0 amide bonds. The maximum absolute atomic E-state index is 13.3. The number of benzene rings is 1. The third-order valence-electron chi connectivity index (χ3n) is 3.41. The summed E-state index contributed by atoms with van der Waals surface area (Å²) in [5.74, 6) is 0.315. The number of nitrogens with zero attached hydrogens (tertiary/aromatic N) is 2. The fourth-order valence-corrected chi connectivity index (χ4v) is 2.24. The number of aryl methyl sites for hydroxylation is 2. The van der Waals surface area contributed by atoms with E-state index in [1.165, 1.54) is 12.1 Å². The summed E-state index contributed by atoms with van der Waals surface area (Å²) < 4.78 is 21.1. The number of hydrogen-bond donors (Lipinski definition) is 1. The quantitative estimate of drug-likeness (QED) is 0.889. The fourth-order valence-electron chi connectivity index (χ4n) is 2.24. The van der Waals surface area contributed by atoms with Crippen LogP contribution in [-0.4, -0.2) is 9.78 Å². The molecular formula is C16H22FN3O. The van der Waals surface area contributed by atoms with Gasteiger partial charge in [-0.05, 0) is 44.5 Å². The van der Waals surface area contributed by atoms with Gasteiger partial charge >= 0.3 is 0 Å². The van der Waals surface area contributed by atoms with Gasteiger partial charge in [0, 0.05) is 18.2 Å². The molecule has 0 aliphatic rings. The SMILES string of the molecule is CCc1cc(COc2ccc(F)cc2[C@H](C)N)n(CC)n1. The van der Waals surface area contributed by atoms with Gasteiger partial charge in [0.25, 0.3) is 0 Å². The summed E-state index contributed by atoms with van der Waals surface area (Å²) in [5.41, 5.74) is 8.60. The molecule has 0 unspecified atom stereocenters. The van der Waals surface area contributed by atoms with Gasteiger partial charge in [0.2, 0.25) is 0 Å². The summed E-state index contributed by atoms with van der Waals surface area (Å²) in [7, 11) is 0. The van der Waals surface area contributed by atoms with Crippen molar-refractivity contribution >= 4 is 0 Å². The molecule has 0 saturated heterocycles. The molecule has 114 valence electrons. The maximum atomic E-state index is 13.3. The molecule has 0 spiro atoms. The molecule has 0 fully saturated rings. The van der Waals surface area contributed by atoms with Gasteiger partial charge < -0.3 is 10.5 Å². The lowest BCUT2D eigenvalue weighted by Gasteiger charge is -2.14. The van der Waals surface area contributed by atoms with Crippen molar-refractivity contribution in [3.05, 3.63) is 47.0 Å². The van der Waals surface area contributed by atoms with Crippen molar-refractivity contribution in [2.75, 3.05) is 0 Å². The normalized spacial score (nSPS) is 12.4. The average molecular weight is 291 g/mol. The first kappa shape index (κ1) is 15.5. The molecule has 2 rings (SSSR count). The standard InChI is InChI=1S/C16H22FN3O/c1-4-13-9-14(20(5-2)19-13)10-21-16-7-6-12(17)8-15(16)11(3)18/h6-9,11H,4-5,10,18H2,1-3H3/t11-/m0/s1. The van der Waals surface area contributed by atoms with Crippen LogP contribution in [0.5, 0.6) is 5.75 Å². The van der Waals surface area contributed by atoms with Crippen LogP contribution >= 0.6 is 0 Å². The minimum Gasteiger partial charge on any atom is -0.487 e. The smallest absolute Gasteiger partial charge is 0.130 e. The Labute approximate surface area is 124 Å². The minimum atomic E-state index is -0.304. The number of halogens is 1. The van der Waals surface area contributed by atoms with Crippen LogP contribution in [0.2, 0.25) is 0 Å². The van der Waals surface area contributed by atoms with Gasteiger partial charge in [-0.2, -0.15) is 5.10 Å². The Morgan fingerprint density at radius 1 is 1.33 bits per heavy atom. The zero-order chi connectivity index (χ0) is 15.4. The number of aromatic nitrogens is 2. The third-order valence-corrected chi connectivity index (χ3v) is 3.41. The van der Waals surface area contributed by atoms with Crippen molar-refractivity contribution < 1.29 is 9.13 Å². The second-order valence-electron chi connectivity index (χ2n) is 5.06. The summed E-state index contributed by atoms with van der Waals surface area (Å²) in [6, 6.07) is 6.20. The van der Waals surface area contributed by atoms with Gasteiger partial charge in [0.05, 0.1) is 11.4 Å². The highest BCUT2D eigenvalue weighted by Gasteiger charge is 2.12. The minimum absolute atomic E-state index is 0.280. The van der Waals surface area contributed by atoms with Crippen LogP contribution in [-0.2, 0) is 19.6 Å². The highest BCUT2D eigenvalue weighted by atomic mass is 19.1. The number of ether oxygens (including phenoxy) is 1. The summed E-state index contributed by atoms with van der Waals surface area (Å²) in [4.78, 5) is 0. The van der Waals surface area contributed by atoms with Gasteiger partial charge in [0.1, 0.15) is 18.2 Å². The summed E-state index contributed by atoms with van der Waals surface area (Å²) in [5, 5.41) is 4.48. The second-order valence-corrected chi connectivity index (χ2v) is 5.06. The Bertz CT molecular complexity index is 608. The van der Waals surface area contributed by atoms with Crippen LogP contribution in [0, 0.1) is 5.82 Å². The van der Waals surface area contributed by atoms with Gasteiger partial charge in [0.15, 0.2) is 0 Å². The van der Waals surface area contributed by atoms with E-state index in [4.69, 9.17) is 10.5 Å². The predicted octanol–water partition coefficient (Wildman–Crippen LogP) is 3.20. The number of nitrogens with two attached hydrogens (primary N) is 1. The van der Waals surface area contributed by atoms with Crippen molar-refractivity contribution in [3.63, 3.8) is 0 Å². The molecule has 0 saturated carbocycles. The monoisotopic (exact) mass is 291 g/mol. The molecule has 4 nitrogen and oxygen atoms in total. The number of rotatable bonds is 6. The lowest BCUT2D eigenvalue weighted by atomic mass is 10.1. The Kier molecular flexibility index (Phi) is 4.96. The van der Waals surface area contributed by atoms with E-state index < -0.39 is 0 Å². The Balaban J connectivity index is 2.18. The van der Waals surface area contributed by atoms with E-state index in [-0.39, 0.29) is 11.9 Å². The van der Waals surface area contributed by atoms with Crippen molar-refractivity contribution in [2.24, 2.45) is 5.73 Å². The first-order chi connectivity index (χ1) is 10.0. The van der Waals surface area contributed by atoms with E-state index >= 15 is 0 Å². The van der Waals surface area contributed by atoms with E-state index in [0.717, 1.165) is 24.4 Å². The molecule has 1 heterocycles. The van der Waals surface area contributed by atoms with Gasteiger partial charge in [-0.15, -0.1) is 0 Å². The van der Waals surface area contributed by atoms with Crippen LogP contribution < -0.4 is 10.5 Å². The van der Waals surface area contributed by atoms with E-state index in [1.807, 2.05) is 24.6 Å². The topological polar surface area (TPSA) is 53.1 Å².